The molecule has 126 valence electrons. The molecule has 1 aromatic rings. The maximum absolute atomic E-state index is 12.3. The lowest BCUT2D eigenvalue weighted by molar-refractivity contribution is -0.135. The number of benzene rings is 1. The van der Waals surface area contributed by atoms with Gasteiger partial charge in [-0.15, -0.1) is 0 Å². The maximum atomic E-state index is 12.3. The molecule has 0 bridgehead atoms. The van der Waals surface area contributed by atoms with E-state index in [2.05, 4.69) is 31.3 Å². The summed E-state index contributed by atoms with van der Waals surface area (Å²) in [6.07, 6.45) is 0.401. The van der Waals surface area contributed by atoms with Gasteiger partial charge in [-0.05, 0) is 30.9 Å². The van der Waals surface area contributed by atoms with Gasteiger partial charge in [-0.25, -0.2) is 0 Å². The average Bonchev–Trinajstić information content (AvgIpc) is 2.55. The summed E-state index contributed by atoms with van der Waals surface area (Å²) < 4.78 is 0. The normalized spacial score (nSPS) is 17.4. The van der Waals surface area contributed by atoms with E-state index < -0.39 is 6.04 Å². The van der Waals surface area contributed by atoms with E-state index in [-0.39, 0.29) is 17.7 Å². The fourth-order valence-electron chi connectivity index (χ4n) is 2.95. The first kappa shape index (κ1) is 17.9. The van der Waals surface area contributed by atoms with Crippen LogP contribution in [0.15, 0.2) is 24.3 Å². The van der Waals surface area contributed by atoms with Crippen molar-refractivity contribution in [2.75, 3.05) is 24.6 Å². The minimum Gasteiger partial charge on any atom is -0.345 e. The number of rotatable bonds is 5. The number of nitrogens with zero attached hydrogens (tertiary/aromatic N) is 1. The van der Waals surface area contributed by atoms with Gasteiger partial charge in [-0.1, -0.05) is 31.2 Å². The second kappa shape index (κ2) is 8.39. The standard InChI is InChI=1S/C18H26N2O2S/c1-13-6-4-5-7-16(13)14(2)12-17(21)19-15(3)18(22)20-8-10-23-11-9-20/h4-7,14-15H,8-12H2,1-3H3,(H,19,21). The second-order valence-corrected chi connectivity index (χ2v) is 7.41. The van der Waals surface area contributed by atoms with Gasteiger partial charge in [0.1, 0.15) is 6.04 Å². The highest BCUT2D eigenvalue weighted by Crippen LogP contribution is 2.22. The van der Waals surface area contributed by atoms with E-state index in [0.717, 1.165) is 24.6 Å². The Kier molecular flexibility index (Phi) is 6.51. The fourth-order valence-corrected chi connectivity index (χ4v) is 3.85. The number of nitrogens with one attached hydrogen (secondary N) is 1. The van der Waals surface area contributed by atoms with Gasteiger partial charge in [-0.3, -0.25) is 9.59 Å². The van der Waals surface area contributed by atoms with Gasteiger partial charge in [0.25, 0.3) is 0 Å². The Morgan fingerprint density at radius 2 is 1.87 bits per heavy atom. The van der Waals surface area contributed by atoms with Gasteiger partial charge < -0.3 is 10.2 Å². The molecule has 4 nitrogen and oxygen atoms in total. The topological polar surface area (TPSA) is 49.4 Å². The molecular formula is C18H26N2O2S. The van der Waals surface area contributed by atoms with E-state index >= 15 is 0 Å². The Hall–Kier alpha value is -1.49. The smallest absolute Gasteiger partial charge is 0.244 e. The first-order valence-electron chi connectivity index (χ1n) is 8.20. The van der Waals surface area contributed by atoms with Crippen LogP contribution in [0, 0.1) is 6.92 Å². The zero-order valence-electron chi connectivity index (χ0n) is 14.2. The summed E-state index contributed by atoms with van der Waals surface area (Å²) in [5.41, 5.74) is 2.39. The van der Waals surface area contributed by atoms with E-state index in [1.807, 2.05) is 28.8 Å². The minimum atomic E-state index is -0.449. The molecule has 1 aliphatic rings. The monoisotopic (exact) mass is 334 g/mol. The minimum absolute atomic E-state index is 0.0298. The molecule has 0 saturated carbocycles. The van der Waals surface area contributed by atoms with Crippen LogP contribution < -0.4 is 5.32 Å². The average molecular weight is 334 g/mol. The maximum Gasteiger partial charge on any atom is 0.244 e. The molecule has 0 spiro atoms. The molecule has 23 heavy (non-hydrogen) atoms. The van der Waals surface area contributed by atoms with Crippen LogP contribution >= 0.6 is 11.8 Å². The first-order valence-corrected chi connectivity index (χ1v) is 9.36. The van der Waals surface area contributed by atoms with Crippen LogP contribution in [-0.4, -0.2) is 47.4 Å². The van der Waals surface area contributed by atoms with Gasteiger partial charge in [0.15, 0.2) is 0 Å². The summed E-state index contributed by atoms with van der Waals surface area (Å²) in [5.74, 6) is 2.08. The van der Waals surface area contributed by atoms with Crippen molar-refractivity contribution in [3.8, 4) is 0 Å². The van der Waals surface area contributed by atoms with Crippen LogP contribution in [0.5, 0.6) is 0 Å². The molecule has 2 amide bonds. The molecule has 0 aliphatic carbocycles. The Labute approximate surface area is 143 Å². The summed E-state index contributed by atoms with van der Waals surface area (Å²) in [6.45, 7) is 7.45. The van der Waals surface area contributed by atoms with Crippen molar-refractivity contribution in [3.63, 3.8) is 0 Å². The number of carbonyl (C=O) groups is 2. The third-order valence-electron chi connectivity index (χ3n) is 4.28. The van der Waals surface area contributed by atoms with E-state index in [4.69, 9.17) is 0 Å². The predicted octanol–water partition coefficient (Wildman–Crippen LogP) is 2.57. The van der Waals surface area contributed by atoms with Crippen molar-refractivity contribution >= 4 is 23.6 Å². The van der Waals surface area contributed by atoms with Crippen LogP contribution in [0.25, 0.3) is 0 Å². The van der Waals surface area contributed by atoms with E-state index in [1.54, 1.807) is 6.92 Å². The number of amides is 2. The number of carbonyl (C=O) groups excluding carboxylic acids is 2. The number of thioether (sulfide) groups is 1. The highest BCUT2D eigenvalue weighted by Gasteiger charge is 2.24. The molecule has 1 N–H and O–H groups in total. The van der Waals surface area contributed by atoms with Crippen LogP contribution in [0.4, 0.5) is 0 Å². The highest BCUT2D eigenvalue weighted by molar-refractivity contribution is 7.99. The van der Waals surface area contributed by atoms with Gasteiger partial charge in [0, 0.05) is 31.0 Å². The van der Waals surface area contributed by atoms with Crippen molar-refractivity contribution in [3.05, 3.63) is 35.4 Å². The molecule has 1 heterocycles. The molecule has 1 aliphatic heterocycles. The van der Waals surface area contributed by atoms with Crippen LogP contribution in [-0.2, 0) is 9.59 Å². The molecule has 2 atom stereocenters. The van der Waals surface area contributed by atoms with Crippen LogP contribution in [0.3, 0.4) is 0 Å². The third-order valence-corrected chi connectivity index (χ3v) is 5.22. The Morgan fingerprint density at radius 1 is 1.22 bits per heavy atom. The van der Waals surface area contributed by atoms with Crippen molar-refractivity contribution < 1.29 is 9.59 Å². The number of hydrogen-bond donors (Lipinski definition) is 1. The quantitative estimate of drug-likeness (QED) is 0.900. The van der Waals surface area contributed by atoms with Crippen LogP contribution in [0.2, 0.25) is 0 Å². The SMILES string of the molecule is Cc1ccccc1C(C)CC(=O)NC(C)C(=O)N1CCSCC1. The highest BCUT2D eigenvalue weighted by atomic mass is 32.2. The Bertz CT molecular complexity index is 556. The lowest BCUT2D eigenvalue weighted by Gasteiger charge is -2.29. The van der Waals surface area contributed by atoms with Crippen LogP contribution in [0.1, 0.15) is 37.3 Å². The zero-order chi connectivity index (χ0) is 16.8. The van der Waals surface area contributed by atoms with Crippen molar-refractivity contribution in [2.45, 2.75) is 39.2 Å². The fraction of sp³-hybridized carbons (Fsp3) is 0.556. The van der Waals surface area contributed by atoms with Gasteiger partial charge in [0.05, 0.1) is 0 Å². The van der Waals surface area contributed by atoms with E-state index in [0.29, 0.717) is 6.42 Å². The molecule has 0 radical (unpaired) electrons. The van der Waals surface area contributed by atoms with Crippen molar-refractivity contribution in [1.82, 2.24) is 10.2 Å². The van der Waals surface area contributed by atoms with Gasteiger partial charge in [-0.2, -0.15) is 11.8 Å². The third kappa shape index (κ3) is 4.99. The molecule has 1 aromatic carbocycles. The number of aryl methyl sites for hydroxylation is 1. The van der Waals surface area contributed by atoms with Crippen molar-refractivity contribution in [2.24, 2.45) is 0 Å². The van der Waals surface area contributed by atoms with Gasteiger partial charge >= 0.3 is 0 Å². The lowest BCUT2D eigenvalue weighted by Crippen LogP contribution is -2.49. The molecule has 2 rings (SSSR count). The lowest BCUT2D eigenvalue weighted by atomic mass is 9.93. The zero-order valence-corrected chi connectivity index (χ0v) is 15.0. The summed E-state index contributed by atoms with van der Waals surface area (Å²) in [4.78, 5) is 26.4. The molecule has 5 heteroatoms. The second-order valence-electron chi connectivity index (χ2n) is 6.19. The predicted molar refractivity (Wildman–Crippen MR) is 95.7 cm³/mol. The summed E-state index contributed by atoms with van der Waals surface area (Å²) >= 11 is 1.87. The van der Waals surface area contributed by atoms with E-state index in [1.165, 1.54) is 11.1 Å². The molecular weight excluding hydrogens is 308 g/mol. The van der Waals surface area contributed by atoms with Crippen molar-refractivity contribution in [1.29, 1.82) is 0 Å². The summed E-state index contributed by atoms with van der Waals surface area (Å²) in [7, 11) is 0. The largest absolute Gasteiger partial charge is 0.345 e. The Balaban J connectivity index is 1.86. The van der Waals surface area contributed by atoms with Gasteiger partial charge in [0.2, 0.25) is 11.8 Å². The number of hydrogen-bond acceptors (Lipinski definition) is 3. The Morgan fingerprint density at radius 3 is 2.52 bits per heavy atom. The molecule has 0 aromatic heterocycles. The molecule has 2 unspecified atom stereocenters. The molecule has 1 fully saturated rings. The summed E-state index contributed by atoms with van der Waals surface area (Å²) in [6, 6.07) is 7.67. The van der Waals surface area contributed by atoms with E-state index in [9.17, 15) is 9.59 Å². The first-order chi connectivity index (χ1) is 11.0. The molecule has 1 saturated heterocycles. The summed E-state index contributed by atoms with van der Waals surface area (Å²) in [5, 5.41) is 2.86.